The summed E-state index contributed by atoms with van der Waals surface area (Å²) in [5.74, 6) is 0.213. The van der Waals surface area contributed by atoms with Gasteiger partial charge in [-0.15, -0.1) is 0 Å². The molecule has 1 aromatic heterocycles. The van der Waals surface area contributed by atoms with Crippen LogP contribution >= 0.6 is 0 Å². The first-order valence-corrected chi connectivity index (χ1v) is 8.76. The summed E-state index contributed by atoms with van der Waals surface area (Å²) in [6.07, 6.45) is 7.78. The fourth-order valence-corrected chi connectivity index (χ4v) is 3.87. The highest BCUT2D eigenvalue weighted by Crippen LogP contribution is 2.28. The van der Waals surface area contributed by atoms with Gasteiger partial charge in [0.1, 0.15) is 12.7 Å². The maximum Gasteiger partial charge on any atom is 0.241 e. The predicted molar refractivity (Wildman–Crippen MR) is 91.7 cm³/mol. The summed E-state index contributed by atoms with van der Waals surface area (Å²) < 4.78 is 1.87. The maximum atomic E-state index is 12.9. The van der Waals surface area contributed by atoms with Crippen LogP contribution in [0.5, 0.6) is 0 Å². The van der Waals surface area contributed by atoms with E-state index in [2.05, 4.69) is 27.1 Å². The second kappa shape index (κ2) is 6.73. The summed E-state index contributed by atoms with van der Waals surface area (Å²) in [6, 6.07) is 8.60. The van der Waals surface area contributed by atoms with Crippen LogP contribution in [0.1, 0.15) is 24.8 Å². The van der Waals surface area contributed by atoms with Gasteiger partial charge in [-0.25, -0.2) is 4.98 Å². The quantitative estimate of drug-likeness (QED) is 0.859. The maximum absolute atomic E-state index is 12.9. The smallest absolute Gasteiger partial charge is 0.241 e. The van der Waals surface area contributed by atoms with Crippen molar-refractivity contribution in [2.24, 2.45) is 0 Å². The molecule has 126 valence electrons. The summed E-state index contributed by atoms with van der Waals surface area (Å²) in [5.41, 5.74) is 2.37. The van der Waals surface area contributed by atoms with Gasteiger partial charge >= 0.3 is 0 Å². The molecule has 0 aliphatic carbocycles. The number of likely N-dealkylation sites (tertiary alicyclic amines) is 1. The first-order valence-electron chi connectivity index (χ1n) is 8.76. The lowest BCUT2D eigenvalue weighted by Gasteiger charge is -2.36. The fourth-order valence-electron chi connectivity index (χ4n) is 3.87. The van der Waals surface area contributed by atoms with Gasteiger partial charge in [-0.1, -0.05) is 24.6 Å². The lowest BCUT2D eigenvalue weighted by atomic mass is 10.0. The average molecular weight is 325 g/mol. The van der Waals surface area contributed by atoms with Crippen LogP contribution in [0.15, 0.2) is 36.9 Å². The van der Waals surface area contributed by atoms with Gasteiger partial charge in [-0.05, 0) is 37.4 Å². The Labute approximate surface area is 142 Å². The van der Waals surface area contributed by atoms with Crippen molar-refractivity contribution < 1.29 is 4.79 Å². The molecule has 2 aliphatic heterocycles. The molecule has 0 radical (unpaired) electrons. The van der Waals surface area contributed by atoms with Crippen molar-refractivity contribution in [3.05, 3.63) is 42.5 Å². The number of hydrogen-bond acceptors (Lipinski definition) is 4. The van der Waals surface area contributed by atoms with Gasteiger partial charge in [0.25, 0.3) is 0 Å². The number of carbonyl (C=O) groups excluding carboxylic acids is 1. The molecule has 0 unspecified atom stereocenters. The number of rotatable bonds is 4. The first kappa shape index (κ1) is 15.3. The second-order valence-corrected chi connectivity index (χ2v) is 6.66. The average Bonchev–Trinajstić information content (AvgIpc) is 3.26. The van der Waals surface area contributed by atoms with Crippen LogP contribution in [0.4, 0.5) is 5.69 Å². The number of carbonyl (C=O) groups is 1. The van der Waals surface area contributed by atoms with E-state index in [-0.39, 0.29) is 5.91 Å². The van der Waals surface area contributed by atoms with E-state index in [1.54, 1.807) is 12.7 Å². The normalized spacial score (nSPS) is 21.0. The third-order valence-electron chi connectivity index (χ3n) is 5.14. The van der Waals surface area contributed by atoms with Crippen LogP contribution in [0, 0.1) is 0 Å². The topological polar surface area (TPSA) is 54.3 Å². The lowest BCUT2D eigenvalue weighted by Crippen LogP contribution is -2.48. The van der Waals surface area contributed by atoms with Crippen molar-refractivity contribution in [1.82, 2.24) is 19.7 Å². The third kappa shape index (κ3) is 3.06. The van der Waals surface area contributed by atoms with Gasteiger partial charge in [0.2, 0.25) is 5.91 Å². The molecule has 6 heteroatoms. The Kier molecular flexibility index (Phi) is 4.30. The molecule has 1 fully saturated rings. The molecule has 4 rings (SSSR count). The van der Waals surface area contributed by atoms with Gasteiger partial charge in [0.05, 0.1) is 13.1 Å². The van der Waals surface area contributed by atoms with Gasteiger partial charge in [-0.3, -0.25) is 14.4 Å². The Bertz CT molecular complexity index is 699. The highest BCUT2D eigenvalue weighted by molar-refractivity contribution is 5.96. The Morgan fingerprint density at radius 3 is 3.00 bits per heavy atom. The van der Waals surface area contributed by atoms with Crippen LogP contribution in [-0.2, 0) is 17.8 Å². The van der Waals surface area contributed by atoms with Gasteiger partial charge in [0, 0.05) is 18.3 Å². The van der Waals surface area contributed by atoms with Crippen LogP contribution in [0.3, 0.4) is 0 Å². The molecule has 1 aromatic carbocycles. The molecule has 24 heavy (non-hydrogen) atoms. The standard InChI is InChI=1S/C18H23N5O/c24-18(23-10-8-15-5-1-2-7-17(15)23)12-21-9-4-3-6-16(21)11-22-14-19-13-20-22/h1-2,5,7,13-14,16H,3-4,6,8-12H2/t16-/m1/s1. The van der Waals surface area contributed by atoms with Gasteiger partial charge in [-0.2, -0.15) is 5.10 Å². The molecule has 2 aromatic rings. The second-order valence-electron chi connectivity index (χ2n) is 6.66. The third-order valence-corrected chi connectivity index (χ3v) is 5.14. The van der Waals surface area contributed by atoms with E-state index >= 15 is 0 Å². The van der Waals surface area contributed by atoms with Crippen molar-refractivity contribution in [2.75, 3.05) is 24.5 Å². The summed E-state index contributed by atoms with van der Waals surface area (Å²) in [4.78, 5) is 21.2. The van der Waals surface area contributed by atoms with E-state index in [0.29, 0.717) is 12.6 Å². The van der Waals surface area contributed by atoms with Gasteiger partial charge < -0.3 is 4.90 Å². The number of para-hydroxylation sites is 1. The van der Waals surface area contributed by atoms with Crippen molar-refractivity contribution in [1.29, 1.82) is 0 Å². The van der Waals surface area contributed by atoms with E-state index in [1.165, 1.54) is 12.0 Å². The number of anilines is 1. The number of fused-ring (bicyclic) bond motifs is 1. The van der Waals surface area contributed by atoms with Crippen LogP contribution < -0.4 is 4.90 Å². The van der Waals surface area contributed by atoms with Crippen molar-refractivity contribution in [3.8, 4) is 0 Å². The Morgan fingerprint density at radius 2 is 2.12 bits per heavy atom. The zero-order chi connectivity index (χ0) is 16.4. The van der Waals surface area contributed by atoms with E-state index < -0.39 is 0 Å². The zero-order valence-electron chi connectivity index (χ0n) is 13.8. The number of benzene rings is 1. The largest absolute Gasteiger partial charge is 0.311 e. The molecule has 1 amide bonds. The predicted octanol–water partition coefficient (Wildman–Crippen LogP) is 1.72. The molecular weight excluding hydrogens is 302 g/mol. The molecule has 1 saturated heterocycles. The summed E-state index contributed by atoms with van der Waals surface area (Å²) in [7, 11) is 0. The SMILES string of the molecule is O=C(CN1CCCC[C@@H]1Cn1cncn1)N1CCc2ccccc21. The van der Waals surface area contributed by atoms with Crippen molar-refractivity contribution in [3.63, 3.8) is 0 Å². The number of hydrogen-bond donors (Lipinski definition) is 0. The minimum Gasteiger partial charge on any atom is -0.311 e. The Balaban J connectivity index is 1.44. The summed E-state index contributed by atoms with van der Waals surface area (Å²) >= 11 is 0. The molecule has 0 bridgehead atoms. The first-order chi connectivity index (χ1) is 11.8. The van der Waals surface area contributed by atoms with Crippen molar-refractivity contribution >= 4 is 11.6 Å². The van der Waals surface area contributed by atoms with Crippen LogP contribution in [0.2, 0.25) is 0 Å². The number of piperidine rings is 1. The number of nitrogens with zero attached hydrogens (tertiary/aromatic N) is 5. The monoisotopic (exact) mass is 325 g/mol. The fraction of sp³-hybridized carbons (Fsp3) is 0.500. The molecular formula is C18H23N5O. The number of aromatic nitrogens is 3. The highest BCUT2D eigenvalue weighted by Gasteiger charge is 2.29. The van der Waals surface area contributed by atoms with Crippen molar-refractivity contribution in [2.45, 2.75) is 38.3 Å². The van der Waals surface area contributed by atoms with Crippen LogP contribution in [0.25, 0.3) is 0 Å². The molecule has 0 saturated carbocycles. The minimum atomic E-state index is 0.213. The number of amides is 1. The molecule has 0 spiro atoms. The molecule has 0 N–H and O–H groups in total. The van der Waals surface area contributed by atoms with E-state index in [0.717, 1.165) is 44.6 Å². The minimum absolute atomic E-state index is 0.213. The van der Waals surface area contributed by atoms with E-state index in [9.17, 15) is 4.79 Å². The van der Waals surface area contributed by atoms with Gasteiger partial charge in [0.15, 0.2) is 0 Å². The molecule has 2 aliphatic rings. The highest BCUT2D eigenvalue weighted by atomic mass is 16.2. The van der Waals surface area contributed by atoms with E-state index in [1.807, 2.05) is 21.7 Å². The Hall–Kier alpha value is -2.21. The summed E-state index contributed by atoms with van der Waals surface area (Å²) in [6.45, 7) is 3.10. The van der Waals surface area contributed by atoms with E-state index in [4.69, 9.17) is 0 Å². The summed E-state index contributed by atoms with van der Waals surface area (Å²) in [5, 5.41) is 4.21. The molecule has 1 atom stereocenters. The zero-order valence-corrected chi connectivity index (χ0v) is 13.8. The lowest BCUT2D eigenvalue weighted by molar-refractivity contribution is -0.120. The van der Waals surface area contributed by atoms with Crippen LogP contribution in [-0.4, -0.2) is 51.2 Å². The molecule has 6 nitrogen and oxygen atoms in total. The molecule has 3 heterocycles. The Morgan fingerprint density at radius 1 is 1.21 bits per heavy atom.